The Labute approximate surface area is 180 Å². The van der Waals surface area contributed by atoms with Crippen molar-refractivity contribution in [2.75, 3.05) is 31.1 Å². The molecule has 1 aliphatic heterocycles. The van der Waals surface area contributed by atoms with E-state index in [-0.39, 0.29) is 11.8 Å². The molecule has 9 nitrogen and oxygen atoms in total. The molecule has 0 radical (unpaired) electrons. The van der Waals surface area contributed by atoms with E-state index in [2.05, 4.69) is 25.2 Å². The molecule has 5 rings (SSSR count). The fraction of sp³-hybridized carbons (Fsp3) is 0.409. The van der Waals surface area contributed by atoms with Gasteiger partial charge in [0.2, 0.25) is 5.91 Å². The van der Waals surface area contributed by atoms with Crippen molar-refractivity contribution in [1.82, 2.24) is 29.7 Å². The molecular weight excluding hydrogens is 394 g/mol. The Kier molecular flexibility index (Phi) is 4.80. The van der Waals surface area contributed by atoms with Crippen molar-refractivity contribution in [1.29, 1.82) is 0 Å². The van der Waals surface area contributed by atoms with Crippen molar-refractivity contribution in [3.8, 4) is 5.69 Å². The van der Waals surface area contributed by atoms with E-state index in [0.29, 0.717) is 48.9 Å². The number of imidazole rings is 1. The topological polar surface area (TPSA) is 96.2 Å². The van der Waals surface area contributed by atoms with Gasteiger partial charge in [0.25, 0.3) is 5.91 Å². The van der Waals surface area contributed by atoms with Gasteiger partial charge >= 0.3 is 0 Å². The molecule has 0 bridgehead atoms. The van der Waals surface area contributed by atoms with E-state index in [0.717, 1.165) is 29.9 Å². The van der Waals surface area contributed by atoms with Crippen LogP contribution in [-0.4, -0.2) is 68.5 Å². The number of aromatic nitrogens is 4. The first-order valence-electron chi connectivity index (χ1n) is 10.6. The van der Waals surface area contributed by atoms with Gasteiger partial charge < -0.3 is 15.1 Å². The van der Waals surface area contributed by atoms with Gasteiger partial charge in [-0.3, -0.25) is 14.2 Å². The third-order valence-electron chi connectivity index (χ3n) is 5.98. The van der Waals surface area contributed by atoms with Crippen LogP contribution in [0.15, 0.2) is 30.9 Å². The van der Waals surface area contributed by atoms with Crippen LogP contribution in [0.4, 0.5) is 5.82 Å². The number of carbonyl (C=O) groups is 2. The van der Waals surface area contributed by atoms with Gasteiger partial charge in [0, 0.05) is 44.7 Å². The SMILES string of the molecule is CC(=O)N1CCN(c2ncnc3c2ncn3-c2cc(C(=O)NC3CC3)ccc2C)CC1. The predicted octanol–water partition coefficient (Wildman–Crippen LogP) is 1.68. The lowest BCUT2D eigenvalue weighted by molar-refractivity contribution is -0.129. The maximum Gasteiger partial charge on any atom is 0.251 e. The molecule has 3 heterocycles. The first kappa shape index (κ1) is 19.5. The van der Waals surface area contributed by atoms with Crippen LogP contribution in [0.5, 0.6) is 0 Å². The number of amides is 2. The molecule has 0 atom stereocenters. The molecule has 9 heteroatoms. The van der Waals surface area contributed by atoms with Gasteiger partial charge in [-0.25, -0.2) is 15.0 Å². The van der Waals surface area contributed by atoms with Crippen molar-refractivity contribution < 1.29 is 9.59 Å². The molecule has 160 valence electrons. The van der Waals surface area contributed by atoms with Crippen LogP contribution in [0.3, 0.4) is 0 Å². The maximum absolute atomic E-state index is 12.5. The number of aryl methyl sites for hydroxylation is 1. The quantitative estimate of drug-likeness (QED) is 0.691. The molecule has 0 spiro atoms. The van der Waals surface area contributed by atoms with Crippen LogP contribution in [-0.2, 0) is 4.79 Å². The highest BCUT2D eigenvalue weighted by Gasteiger charge is 2.25. The van der Waals surface area contributed by atoms with E-state index in [4.69, 9.17) is 0 Å². The number of rotatable bonds is 4. The summed E-state index contributed by atoms with van der Waals surface area (Å²) in [6, 6.07) is 6.00. The van der Waals surface area contributed by atoms with Crippen LogP contribution < -0.4 is 10.2 Å². The standard InChI is InChI=1S/C22H25N7O2/c1-14-3-4-16(22(31)26-17-5-6-17)11-18(14)29-13-25-19-20(23-12-24-21(19)29)28-9-7-27(8-10-28)15(2)30/h3-4,11-13,17H,5-10H2,1-2H3,(H,26,31). The van der Waals surface area contributed by atoms with Gasteiger partial charge in [0.15, 0.2) is 17.0 Å². The zero-order valence-electron chi connectivity index (χ0n) is 17.7. The average Bonchev–Trinajstić information content (AvgIpc) is 3.49. The second kappa shape index (κ2) is 7.64. The third kappa shape index (κ3) is 3.71. The number of anilines is 1. The molecule has 0 unspecified atom stereocenters. The summed E-state index contributed by atoms with van der Waals surface area (Å²) in [6.45, 7) is 6.34. The van der Waals surface area contributed by atoms with Crippen LogP contribution in [0.1, 0.15) is 35.7 Å². The van der Waals surface area contributed by atoms with Gasteiger partial charge in [0.05, 0.1) is 5.69 Å². The smallest absolute Gasteiger partial charge is 0.251 e. The second-order valence-electron chi connectivity index (χ2n) is 8.23. The number of fused-ring (bicyclic) bond motifs is 1. The molecule has 1 saturated heterocycles. The van der Waals surface area contributed by atoms with Gasteiger partial charge in [-0.05, 0) is 37.5 Å². The molecule has 1 aromatic carbocycles. The Bertz CT molecular complexity index is 1160. The molecule has 1 saturated carbocycles. The van der Waals surface area contributed by atoms with E-state index in [1.165, 1.54) is 0 Å². The summed E-state index contributed by atoms with van der Waals surface area (Å²) in [4.78, 5) is 41.7. The van der Waals surface area contributed by atoms with E-state index >= 15 is 0 Å². The summed E-state index contributed by atoms with van der Waals surface area (Å²) in [7, 11) is 0. The molecule has 1 N–H and O–H groups in total. The number of nitrogens with one attached hydrogen (secondary N) is 1. The molecule has 2 aromatic heterocycles. The Morgan fingerprint density at radius 1 is 1.06 bits per heavy atom. The van der Waals surface area contributed by atoms with Crippen molar-refractivity contribution in [2.24, 2.45) is 0 Å². The number of piperazine rings is 1. The summed E-state index contributed by atoms with van der Waals surface area (Å²) in [5.41, 5.74) is 3.94. The number of nitrogens with zero attached hydrogens (tertiary/aromatic N) is 6. The Morgan fingerprint density at radius 3 is 2.55 bits per heavy atom. The zero-order valence-corrected chi connectivity index (χ0v) is 17.7. The molecule has 31 heavy (non-hydrogen) atoms. The molecule has 2 aliphatic rings. The second-order valence-corrected chi connectivity index (χ2v) is 8.23. The number of benzene rings is 1. The Morgan fingerprint density at radius 2 is 1.84 bits per heavy atom. The minimum absolute atomic E-state index is 0.0492. The van der Waals surface area contributed by atoms with E-state index in [9.17, 15) is 9.59 Å². The first-order valence-corrected chi connectivity index (χ1v) is 10.6. The zero-order chi connectivity index (χ0) is 21.5. The summed E-state index contributed by atoms with van der Waals surface area (Å²) in [5, 5.41) is 3.04. The van der Waals surface area contributed by atoms with Crippen LogP contribution in [0.25, 0.3) is 16.9 Å². The Balaban J connectivity index is 1.47. The van der Waals surface area contributed by atoms with Gasteiger partial charge in [0.1, 0.15) is 12.7 Å². The maximum atomic E-state index is 12.5. The summed E-state index contributed by atoms with van der Waals surface area (Å²) in [6.07, 6.45) is 5.39. The largest absolute Gasteiger partial charge is 0.351 e. The fourth-order valence-electron chi connectivity index (χ4n) is 3.97. The van der Waals surface area contributed by atoms with Crippen molar-refractivity contribution in [2.45, 2.75) is 32.7 Å². The van der Waals surface area contributed by atoms with E-state index in [1.807, 2.05) is 34.6 Å². The summed E-state index contributed by atoms with van der Waals surface area (Å²) >= 11 is 0. The summed E-state index contributed by atoms with van der Waals surface area (Å²) < 4.78 is 1.91. The van der Waals surface area contributed by atoms with Gasteiger partial charge in [-0.2, -0.15) is 0 Å². The minimum Gasteiger partial charge on any atom is -0.351 e. The van der Waals surface area contributed by atoms with Crippen molar-refractivity contribution in [3.63, 3.8) is 0 Å². The number of hydrogen-bond acceptors (Lipinski definition) is 6. The lowest BCUT2D eigenvalue weighted by atomic mass is 10.1. The minimum atomic E-state index is -0.0492. The molecule has 1 aliphatic carbocycles. The number of carbonyl (C=O) groups excluding carboxylic acids is 2. The lowest BCUT2D eigenvalue weighted by Gasteiger charge is -2.34. The van der Waals surface area contributed by atoms with E-state index < -0.39 is 0 Å². The van der Waals surface area contributed by atoms with E-state index in [1.54, 1.807) is 19.6 Å². The van der Waals surface area contributed by atoms with Gasteiger partial charge in [-0.1, -0.05) is 6.07 Å². The molecule has 2 fully saturated rings. The number of hydrogen-bond donors (Lipinski definition) is 1. The Hall–Kier alpha value is -3.49. The predicted molar refractivity (Wildman–Crippen MR) is 116 cm³/mol. The van der Waals surface area contributed by atoms with Crippen LogP contribution in [0, 0.1) is 6.92 Å². The normalized spacial score (nSPS) is 16.6. The third-order valence-corrected chi connectivity index (χ3v) is 5.98. The van der Waals surface area contributed by atoms with Gasteiger partial charge in [-0.15, -0.1) is 0 Å². The van der Waals surface area contributed by atoms with Crippen molar-refractivity contribution in [3.05, 3.63) is 42.0 Å². The molecular formula is C22H25N7O2. The average molecular weight is 419 g/mol. The first-order chi connectivity index (χ1) is 15.0. The summed E-state index contributed by atoms with van der Waals surface area (Å²) in [5.74, 6) is 0.817. The monoisotopic (exact) mass is 419 g/mol. The fourth-order valence-corrected chi connectivity index (χ4v) is 3.97. The highest BCUT2D eigenvalue weighted by atomic mass is 16.2. The highest BCUT2D eigenvalue weighted by Crippen LogP contribution is 2.27. The van der Waals surface area contributed by atoms with Crippen molar-refractivity contribution >= 4 is 28.8 Å². The molecule has 3 aromatic rings. The van der Waals surface area contributed by atoms with Crippen LogP contribution in [0.2, 0.25) is 0 Å². The molecule has 2 amide bonds. The lowest BCUT2D eigenvalue weighted by Crippen LogP contribution is -2.48. The highest BCUT2D eigenvalue weighted by molar-refractivity contribution is 5.95. The van der Waals surface area contributed by atoms with Crippen LogP contribution >= 0.6 is 0 Å².